The molecule has 0 aliphatic rings. The largest absolute Gasteiger partial charge is 0.350 e. The Morgan fingerprint density at radius 3 is 2.37 bits per heavy atom. The molecule has 0 atom stereocenters. The first-order valence-electron chi connectivity index (χ1n) is 5.80. The van der Waals surface area contributed by atoms with Crippen LogP contribution >= 0.6 is 15.9 Å². The molecule has 0 spiro atoms. The van der Waals surface area contributed by atoms with Gasteiger partial charge in [-0.05, 0) is 24.3 Å². The van der Waals surface area contributed by atoms with E-state index >= 15 is 0 Å². The number of rotatable bonds is 6. The zero-order chi connectivity index (χ0) is 14.1. The van der Waals surface area contributed by atoms with Gasteiger partial charge in [-0.2, -0.15) is 0 Å². The van der Waals surface area contributed by atoms with E-state index in [0.717, 1.165) is 4.47 Å². The van der Waals surface area contributed by atoms with Crippen LogP contribution in [0.15, 0.2) is 41.4 Å². The maximum absolute atomic E-state index is 11.7. The number of carbonyl (C=O) groups is 2. The molecule has 0 aliphatic carbocycles. The molecule has 0 saturated heterocycles. The van der Waals surface area contributed by atoms with E-state index in [-0.39, 0.29) is 11.9 Å². The minimum absolute atomic E-state index is 0.166. The van der Waals surface area contributed by atoms with Crippen LogP contribution in [0.1, 0.15) is 10.4 Å². The molecule has 6 heteroatoms. The van der Waals surface area contributed by atoms with Crippen molar-refractivity contribution in [1.29, 1.82) is 0 Å². The molecule has 1 aromatic carbocycles. The normalized spacial score (nSPS) is 9.53. The highest BCUT2D eigenvalue weighted by molar-refractivity contribution is 9.10. The summed E-state index contributed by atoms with van der Waals surface area (Å²) in [5.74, 6) is -0.166. The molecule has 0 aromatic heterocycles. The first-order chi connectivity index (χ1) is 9.13. The van der Waals surface area contributed by atoms with Gasteiger partial charge >= 0.3 is 6.03 Å². The number of amides is 3. The summed E-state index contributed by atoms with van der Waals surface area (Å²) in [5.41, 5.74) is 0.583. The highest BCUT2D eigenvalue weighted by Crippen LogP contribution is 2.10. The number of halogens is 1. The van der Waals surface area contributed by atoms with Crippen molar-refractivity contribution in [2.45, 2.75) is 0 Å². The van der Waals surface area contributed by atoms with Crippen LogP contribution < -0.4 is 16.0 Å². The van der Waals surface area contributed by atoms with Crippen LogP contribution in [-0.4, -0.2) is 31.6 Å². The monoisotopic (exact) mass is 325 g/mol. The fourth-order valence-corrected chi connectivity index (χ4v) is 1.55. The molecule has 1 aromatic rings. The Morgan fingerprint density at radius 1 is 1.11 bits per heavy atom. The van der Waals surface area contributed by atoms with Crippen molar-refractivity contribution in [1.82, 2.24) is 16.0 Å². The number of benzene rings is 1. The summed E-state index contributed by atoms with van der Waals surface area (Å²) >= 11 is 3.30. The van der Waals surface area contributed by atoms with Crippen molar-refractivity contribution in [2.24, 2.45) is 0 Å². The second-order valence-corrected chi connectivity index (χ2v) is 4.60. The molecule has 1 rings (SSSR count). The SMILES string of the molecule is C=CCNC(=O)NCCNC(=O)c1ccc(Br)cc1. The van der Waals surface area contributed by atoms with Gasteiger partial charge in [0.15, 0.2) is 0 Å². The van der Waals surface area contributed by atoms with Crippen molar-refractivity contribution >= 4 is 27.9 Å². The van der Waals surface area contributed by atoms with Gasteiger partial charge in [0, 0.05) is 29.7 Å². The van der Waals surface area contributed by atoms with E-state index in [0.29, 0.717) is 25.2 Å². The molecule has 3 N–H and O–H groups in total. The minimum atomic E-state index is -0.280. The highest BCUT2D eigenvalue weighted by atomic mass is 79.9. The molecule has 102 valence electrons. The third kappa shape index (κ3) is 6.05. The molecule has 3 amide bonds. The van der Waals surface area contributed by atoms with Gasteiger partial charge in [-0.3, -0.25) is 4.79 Å². The fraction of sp³-hybridized carbons (Fsp3) is 0.231. The average Bonchev–Trinajstić information content (AvgIpc) is 2.41. The second kappa shape index (κ2) is 8.31. The maximum Gasteiger partial charge on any atom is 0.315 e. The molecule has 0 fully saturated rings. The van der Waals surface area contributed by atoms with Gasteiger partial charge in [-0.15, -0.1) is 6.58 Å². The van der Waals surface area contributed by atoms with Crippen molar-refractivity contribution < 1.29 is 9.59 Å². The molecule has 0 bridgehead atoms. The number of urea groups is 1. The lowest BCUT2D eigenvalue weighted by molar-refractivity contribution is 0.0954. The highest BCUT2D eigenvalue weighted by Gasteiger charge is 2.04. The lowest BCUT2D eigenvalue weighted by Gasteiger charge is -2.07. The van der Waals surface area contributed by atoms with Crippen LogP contribution in [0, 0.1) is 0 Å². The van der Waals surface area contributed by atoms with E-state index in [9.17, 15) is 9.59 Å². The fourth-order valence-electron chi connectivity index (χ4n) is 1.28. The van der Waals surface area contributed by atoms with Crippen LogP contribution in [0.3, 0.4) is 0 Å². The van der Waals surface area contributed by atoms with E-state index in [1.807, 2.05) is 0 Å². The molecular formula is C13H16BrN3O2. The summed E-state index contributed by atoms with van der Waals surface area (Å²) in [6.07, 6.45) is 1.59. The zero-order valence-electron chi connectivity index (χ0n) is 10.4. The number of nitrogens with one attached hydrogen (secondary N) is 3. The minimum Gasteiger partial charge on any atom is -0.350 e. The summed E-state index contributed by atoms with van der Waals surface area (Å²) in [6, 6.07) is 6.77. The Balaban J connectivity index is 2.22. The summed E-state index contributed by atoms with van der Waals surface area (Å²) in [7, 11) is 0. The van der Waals surface area contributed by atoms with Crippen molar-refractivity contribution in [3.8, 4) is 0 Å². The smallest absolute Gasteiger partial charge is 0.315 e. The van der Waals surface area contributed by atoms with E-state index in [1.165, 1.54) is 0 Å². The molecule has 5 nitrogen and oxygen atoms in total. The van der Waals surface area contributed by atoms with Crippen molar-refractivity contribution in [2.75, 3.05) is 19.6 Å². The lowest BCUT2D eigenvalue weighted by Crippen LogP contribution is -2.40. The number of carbonyl (C=O) groups excluding carboxylic acids is 2. The second-order valence-electron chi connectivity index (χ2n) is 3.69. The predicted octanol–water partition coefficient (Wildman–Crippen LogP) is 1.66. The predicted molar refractivity (Wildman–Crippen MR) is 78.1 cm³/mol. The molecule has 19 heavy (non-hydrogen) atoms. The molecule has 0 radical (unpaired) electrons. The summed E-state index contributed by atoms with van der Waals surface area (Å²) < 4.78 is 0.921. The van der Waals surface area contributed by atoms with Gasteiger partial charge < -0.3 is 16.0 Å². The quantitative estimate of drug-likeness (QED) is 0.550. The van der Waals surface area contributed by atoms with E-state index in [4.69, 9.17) is 0 Å². The molecule has 0 aliphatic heterocycles. The van der Waals surface area contributed by atoms with Gasteiger partial charge in [0.05, 0.1) is 0 Å². The maximum atomic E-state index is 11.7. The van der Waals surface area contributed by atoms with Gasteiger partial charge in [0.2, 0.25) is 0 Å². The van der Waals surface area contributed by atoms with Crippen molar-refractivity contribution in [3.63, 3.8) is 0 Å². The number of hydrogen-bond acceptors (Lipinski definition) is 2. The lowest BCUT2D eigenvalue weighted by atomic mass is 10.2. The zero-order valence-corrected chi connectivity index (χ0v) is 12.0. The van der Waals surface area contributed by atoms with Crippen LogP contribution in [0.25, 0.3) is 0 Å². The van der Waals surface area contributed by atoms with Crippen LogP contribution in [-0.2, 0) is 0 Å². The summed E-state index contributed by atoms with van der Waals surface area (Å²) in [5, 5.41) is 7.90. The van der Waals surface area contributed by atoms with Gasteiger partial charge in [0.25, 0.3) is 5.91 Å². The van der Waals surface area contributed by atoms with Gasteiger partial charge in [-0.25, -0.2) is 4.79 Å². The average molecular weight is 326 g/mol. The summed E-state index contributed by atoms with van der Waals surface area (Å²) in [6.45, 7) is 4.64. The van der Waals surface area contributed by atoms with Crippen LogP contribution in [0.2, 0.25) is 0 Å². The Bertz CT molecular complexity index is 446. The molecular weight excluding hydrogens is 310 g/mol. The molecule has 0 unspecified atom stereocenters. The first kappa shape index (κ1) is 15.2. The van der Waals surface area contributed by atoms with E-state index in [1.54, 1.807) is 30.3 Å². The van der Waals surface area contributed by atoms with Gasteiger partial charge in [-0.1, -0.05) is 22.0 Å². The summed E-state index contributed by atoms with van der Waals surface area (Å²) in [4.78, 5) is 22.9. The number of hydrogen-bond donors (Lipinski definition) is 3. The standard InChI is InChI=1S/C13H16BrN3O2/c1-2-7-16-13(19)17-9-8-15-12(18)10-3-5-11(14)6-4-10/h2-6H,1,7-9H2,(H,15,18)(H2,16,17,19). The van der Waals surface area contributed by atoms with Gasteiger partial charge in [0.1, 0.15) is 0 Å². The Kier molecular flexibility index (Phi) is 6.67. The van der Waals surface area contributed by atoms with Crippen LogP contribution in [0.4, 0.5) is 4.79 Å². The molecule has 0 saturated carbocycles. The molecule has 0 heterocycles. The Hall–Kier alpha value is -1.82. The van der Waals surface area contributed by atoms with E-state index in [2.05, 4.69) is 38.5 Å². The third-order valence-corrected chi connectivity index (χ3v) is 2.74. The van der Waals surface area contributed by atoms with E-state index < -0.39 is 0 Å². The third-order valence-electron chi connectivity index (χ3n) is 2.21. The first-order valence-corrected chi connectivity index (χ1v) is 6.59. The van der Waals surface area contributed by atoms with Crippen LogP contribution in [0.5, 0.6) is 0 Å². The topological polar surface area (TPSA) is 70.2 Å². The Morgan fingerprint density at radius 2 is 1.74 bits per heavy atom. The van der Waals surface area contributed by atoms with Crippen molar-refractivity contribution in [3.05, 3.63) is 47.0 Å². The Labute approximate surface area is 120 Å².